The summed E-state index contributed by atoms with van der Waals surface area (Å²) in [5.41, 5.74) is 8.79. The van der Waals surface area contributed by atoms with Gasteiger partial charge in [-0.3, -0.25) is 10.1 Å². The Kier molecular flexibility index (Phi) is 5.57. The van der Waals surface area contributed by atoms with E-state index in [1.165, 1.54) is 11.3 Å². The average Bonchev–Trinajstić information content (AvgIpc) is 3.17. The van der Waals surface area contributed by atoms with Gasteiger partial charge in [0.05, 0.1) is 11.4 Å². The first-order chi connectivity index (χ1) is 13.6. The Bertz CT molecular complexity index is 984. The van der Waals surface area contributed by atoms with Crippen LogP contribution in [0.2, 0.25) is 5.02 Å². The number of carbonyl (C=O) groups excluding carboxylic acids is 1. The molecule has 4 rings (SSSR count). The number of carbonyl (C=O) groups is 1. The fourth-order valence-corrected chi connectivity index (χ4v) is 4.19. The Morgan fingerprint density at radius 3 is 2.79 bits per heavy atom. The highest BCUT2D eigenvalue weighted by atomic mass is 35.5. The molecule has 28 heavy (non-hydrogen) atoms. The minimum absolute atomic E-state index is 0.226. The molecule has 1 aliphatic rings. The number of aromatic nitrogens is 2. The number of nitrogens with zero attached hydrogens (tertiary/aromatic N) is 3. The van der Waals surface area contributed by atoms with Crippen LogP contribution in [0.4, 0.5) is 10.8 Å². The van der Waals surface area contributed by atoms with E-state index < -0.39 is 0 Å². The lowest BCUT2D eigenvalue weighted by atomic mass is 10.1. The number of rotatable bonds is 4. The molecule has 0 radical (unpaired) electrons. The van der Waals surface area contributed by atoms with E-state index >= 15 is 0 Å². The normalized spacial score (nSPS) is 14.9. The molecule has 0 bridgehead atoms. The number of thiazole rings is 1. The van der Waals surface area contributed by atoms with Crippen molar-refractivity contribution in [3.8, 4) is 11.3 Å². The molecule has 0 saturated carbocycles. The first-order valence-electron chi connectivity index (χ1n) is 9.09. The summed E-state index contributed by atoms with van der Waals surface area (Å²) in [6, 6.07) is 11.5. The topological polar surface area (TPSA) is 84.1 Å². The molecule has 0 aliphatic carbocycles. The number of nitrogens with two attached hydrogens (primary N) is 1. The number of amides is 1. The Balaban J connectivity index is 1.53. The molecule has 0 unspecified atom stereocenters. The van der Waals surface area contributed by atoms with Crippen LogP contribution in [0.1, 0.15) is 23.3 Å². The number of piperidine rings is 1. The molecule has 3 N–H and O–H groups in total. The maximum Gasteiger partial charge on any atom is 0.278 e. The second-order valence-corrected chi connectivity index (χ2v) is 7.93. The molecule has 6 nitrogen and oxygen atoms in total. The van der Waals surface area contributed by atoms with Gasteiger partial charge in [-0.25, -0.2) is 9.97 Å². The third-order valence-corrected chi connectivity index (χ3v) is 5.84. The molecule has 0 atom stereocenters. The predicted molar refractivity (Wildman–Crippen MR) is 114 cm³/mol. The Labute approximate surface area is 172 Å². The van der Waals surface area contributed by atoms with Gasteiger partial charge in [0.15, 0.2) is 10.8 Å². The molecule has 2 aromatic heterocycles. The van der Waals surface area contributed by atoms with Gasteiger partial charge in [-0.05, 0) is 31.0 Å². The average molecular weight is 414 g/mol. The van der Waals surface area contributed by atoms with Crippen molar-refractivity contribution in [2.45, 2.75) is 18.9 Å². The molecular weight excluding hydrogens is 394 g/mol. The van der Waals surface area contributed by atoms with E-state index in [0.29, 0.717) is 15.8 Å². The van der Waals surface area contributed by atoms with Gasteiger partial charge in [0.1, 0.15) is 0 Å². The zero-order valence-corrected chi connectivity index (χ0v) is 16.7. The van der Waals surface area contributed by atoms with Gasteiger partial charge in [-0.1, -0.05) is 29.8 Å². The van der Waals surface area contributed by atoms with Crippen LogP contribution in [0.5, 0.6) is 0 Å². The number of nitrogens with one attached hydrogen (secondary N) is 1. The van der Waals surface area contributed by atoms with Crippen LogP contribution in [0.25, 0.3) is 11.3 Å². The van der Waals surface area contributed by atoms with Crippen molar-refractivity contribution in [3.63, 3.8) is 0 Å². The number of hydrogen-bond acceptors (Lipinski definition) is 6. The first-order valence-corrected chi connectivity index (χ1v) is 10.3. The molecule has 1 aromatic carbocycles. The van der Waals surface area contributed by atoms with Gasteiger partial charge < -0.3 is 10.6 Å². The monoisotopic (exact) mass is 413 g/mol. The lowest BCUT2D eigenvalue weighted by Gasteiger charge is -2.32. The zero-order chi connectivity index (χ0) is 19.5. The second kappa shape index (κ2) is 8.26. The van der Waals surface area contributed by atoms with Gasteiger partial charge in [-0.15, -0.1) is 11.3 Å². The summed E-state index contributed by atoms with van der Waals surface area (Å²) in [6.07, 6.45) is 3.44. The minimum atomic E-state index is -0.273. The SMILES string of the molecule is NC1CCN(c2cccnc2C(=O)Nc2nc(-c3ccccc3Cl)cs2)CC1. The highest BCUT2D eigenvalue weighted by Crippen LogP contribution is 2.31. The summed E-state index contributed by atoms with van der Waals surface area (Å²) < 4.78 is 0. The van der Waals surface area contributed by atoms with Crippen LogP contribution in [-0.4, -0.2) is 35.0 Å². The zero-order valence-electron chi connectivity index (χ0n) is 15.1. The number of benzene rings is 1. The van der Waals surface area contributed by atoms with Gasteiger partial charge >= 0.3 is 0 Å². The second-order valence-electron chi connectivity index (χ2n) is 6.67. The van der Waals surface area contributed by atoms with Crippen LogP contribution in [0, 0.1) is 0 Å². The lowest BCUT2D eigenvalue weighted by molar-refractivity contribution is 0.102. The number of anilines is 2. The quantitative estimate of drug-likeness (QED) is 0.674. The number of pyridine rings is 1. The maximum atomic E-state index is 12.9. The highest BCUT2D eigenvalue weighted by Gasteiger charge is 2.22. The van der Waals surface area contributed by atoms with Crippen LogP contribution >= 0.6 is 22.9 Å². The van der Waals surface area contributed by atoms with Crippen molar-refractivity contribution in [1.29, 1.82) is 0 Å². The van der Waals surface area contributed by atoms with E-state index in [-0.39, 0.29) is 11.9 Å². The lowest BCUT2D eigenvalue weighted by Crippen LogP contribution is -2.40. The molecule has 144 valence electrons. The summed E-state index contributed by atoms with van der Waals surface area (Å²) in [6.45, 7) is 1.64. The van der Waals surface area contributed by atoms with Crippen molar-refractivity contribution in [2.75, 3.05) is 23.3 Å². The smallest absolute Gasteiger partial charge is 0.278 e. The van der Waals surface area contributed by atoms with E-state index in [1.54, 1.807) is 6.20 Å². The summed E-state index contributed by atoms with van der Waals surface area (Å²) in [4.78, 5) is 23.9. The largest absolute Gasteiger partial charge is 0.370 e. The van der Waals surface area contributed by atoms with Crippen LogP contribution in [0.3, 0.4) is 0 Å². The maximum absolute atomic E-state index is 12.9. The molecule has 8 heteroatoms. The highest BCUT2D eigenvalue weighted by molar-refractivity contribution is 7.14. The molecule has 3 aromatic rings. The molecular formula is C20H20ClN5OS. The van der Waals surface area contributed by atoms with Crippen LogP contribution in [0.15, 0.2) is 48.0 Å². The van der Waals surface area contributed by atoms with Crippen molar-refractivity contribution in [1.82, 2.24) is 9.97 Å². The summed E-state index contributed by atoms with van der Waals surface area (Å²) in [7, 11) is 0. The van der Waals surface area contributed by atoms with Crippen molar-refractivity contribution in [2.24, 2.45) is 5.73 Å². The van der Waals surface area contributed by atoms with E-state index in [4.69, 9.17) is 17.3 Å². The Hall–Kier alpha value is -2.48. The Morgan fingerprint density at radius 1 is 1.21 bits per heavy atom. The fraction of sp³-hybridized carbons (Fsp3) is 0.250. The van der Waals surface area contributed by atoms with Gasteiger partial charge in [0, 0.05) is 41.3 Å². The molecule has 0 spiro atoms. The van der Waals surface area contributed by atoms with Gasteiger partial charge in [-0.2, -0.15) is 0 Å². The van der Waals surface area contributed by atoms with Gasteiger partial charge in [0.25, 0.3) is 5.91 Å². The summed E-state index contributed by atoms with van der Waals surface area (Å²) in [5.74, 6) is -0.273. The van der Waals surface area contributed by atoms with E-state index in [1.807, 2.05) is 41.8 Å². The van der Waals surface area contributed by atoms with Crippen molar-refractivity contribution >= 4 is 39.7 Å². The molecule has 1 saturated heterocycles. The van der Waals surface area contributed by atoms with E-state index in [9.17, 15) is 4.79 Å². The fourth-order valence-electron chi connectivity index (χ4n) is 3.25. The van der Waals surface area contributed by atoms with Crippen LogP contribution < -0.4 is 16.0 Å². The Morgan fingerprint density at radius 2 is 2.00 bits per heavy atom. The van der Waals surface area contributed by atoms with E-state index in [0.717, 1.165) is 42.9 Å². The van der Waals surface area contributed by atoms with Crippen LogP contribution in [-0.2, 0) is 0 Å². The third kappa shape index (κ3) is 4.01. The van der Waals surface area contributed by atoms with Gasteiger partial charge in [0.2, 0.25) is 0 Å². The molecule has 3 heterocycles. The third-order valence-electron chi connectivity index (χ3n) is 4.76. The molecule has 1 aliphatic heterocycles. The standard InChI is InChI=1S/C20H20ClN5OS/c21-15-5-2-1-4-14(15)16-12-28-20(24-16)25-19(27)18-17(6-3-9-23-18)26-10-7-13(22)8-11-26/h1-6,9,12-13H,7-8,10-11,22H2,(H,24,25,27). The first kappa shape index (κ1) is 18.9. The van der Waals surface area contributed by atoms with E-state index in [2.05, 4.69) is 20.2 Å². The minimum Gasteiger partial charge on any atom is -0.370 e. The number of halogens is 1. The predicted octanol–water partition coefficient (Wildman–Crippen LogP) is 4.04. The molecule has 1 fully saturated rings. The number of hydrogen-bond donors (Lipinski definition) is 2. The van der Waals surface area contributed by atoms with Crippen molar-refractivity contribution in [3.05, 3.63) is 58.7 Å². The molecule has 1 amide bonds. The summed E-state index contributed by atoms with van der Waals surface area (Å²) in [5, 5.41) is 5.88. The van der Waals surface area contributed by atoms with Crippen molar-refractivity contribution < 1.29 is 4.79 Å². The summed E-state index contributed by atoms with van der Waals surface area (Å²) >= 11 is 7.60.